The van der Waals surface area contributed by atoms with Gasteiger partial charge in [0, 0.05) is 32.7 Å². The van der Waals surface area contributed by atoms with Crippen molar-refractivity contribution in [3.63, 3.8) is 0 Å². The second kappa shape index (κ2) is 4.74. The lowest BCUT2D eigenvalue weighted by atomic mass is 9.85. The highest BCUT2D eigenvalue weighted by Gasteiger charge is 2.29. The maximum Gasteiger partial charge on any atom is 0.140 e. The van der Waals surface area contributed by atoms with Crippen LogP contribution in [-0.2, 0) is 13.6 Å². The largest absolute Gasteiger partial charge is 0.311 e. The van der Waals surface area contributed by atoms with Gasteiger partial charge in [0.2, 0.25) is 0 Å². The molecule has 0 aliphatic carbocycles. The summed E-state index contributed by atoms with van der Waals surface area (Å²) < 4.78 is 1.86. The first-order chi connectivity index (χ1) is 7.97. The molecule has 0 aromatic carbocycles. The molecule has 1 aliphatic heterocycles. The molecule has 1 atom stereocenters. The van der Waals surface area contributed by atoms with Crippen molar-refractivity contribution < 1.29 is 0 Å². The van der Waals surface area contributed by atoms with E-state index in [0.29, 0.717) is 11.5 Å². The molecule has 0 radical (unpaired) electrons. The molecule has 1 aromatic rings. The molecule has 17 heavy (non-hydrogen) atoms. The fourth-order valence-electron chi connectivity index (χ4n) is 2.20. The van der Waals surface area contributed by atoms with E-state index < -0.39 is 0 Å². The van der Waals surface area contributed by atoms with Crippen LogP contribution in [0.3, 0.4) is 0 Å². The van der Waals surface area contributed by atoms with Crippen LogP contribution in [0, 0.1) is 5.41 Å². The summed E-state index contributed by atoms with van der Waals surface area (Å²) in [7, 11) is 1.95. The van der Waals surface area contributed by atoms with E-state index in [-0.39, 0.29) is 0 Å². The van der Waals surface area contributed by atoms with Crippen molar-refractivity contribution in [2.75, 3.05) is 19.6 Å². The number of aryl methyl sites for hydroxylation is 1. The Morgan fingerprint density at radius 3 is 2.82 bits per heavy atom. The number of aromatic nitrogens is 3. The van der Waals surface area contributed by atoms with Crippen molar-refractivity contribution >= 4 is 0 Å². The highest BCUT2D eigenvalue weighted by Crippen LogP contribution is 2.22. The fourth-order valence-corrected chi connectivity index (χ4v) is 2.20. The van der Waals surface area contributed by atoms with Crippen LogP contribution in [-0.4, -0.2) is 45.3 Å². The Hall–Kier alpha value is -0.940. The first kappa shape index (κ1) is 12.5. The predicted octanol–water partition coefficient (Wildman–Crippen LogP) is 0.635. The molecule has 0 bridgehead atoms. The molecule has 0 amide bonds. The molecule has 1 N–H and O–H groups in total. The monoisotopic (exact) mass is 237 g/mol. The first-order valence-electron chi connectivity index (χ1n) is 6.25. The maximum atomic E-state index is 4.29. The molecule has 5 heteroatoms. The minimum absolute atomic E-state index is 0.304. The summed E-state index contributed by atoms with van der Waals surface area (Å²) in [5.74, 6) is 1.04. The van der Waals surface area contributed by atoms with Crippen molar-refractivity contribution in [2.45, 2.75) is 33.4 Å². The van der Waals surface area contributed by atoms with Gasteiger partial charge in [-0.3, -0.25) is 9.58 Å². The maximum absolute atomic E-state index is 4.29. The van der Waals surface area contributed by atoms with Gasteiger partial charge in [-0.05, 0) is 5.41 Å². The van der Waals surface area contributed by atoms with Crippen LogP contribution in [0.25, 0.3) is 0 Å². The van der Waals surface area contributed by atoms with Crippen molar-refractivity contribution in [1.29, 1.82) is 0 Å². The fraction of sp³-hybridized carbons (Fsp3) is 0.833. The van der Waals surface area contributed by atoms with E-state index in [0.717, 1.165) is 32.0 Å². The van der Waals surface area contributed by atoms with Crippen molar-refractivity contribution in [3.05, 3.63) is 12.2 Å². The van der Waals surface area contributed by atoms with Crippen LogP contribution in [0.1, 0.15) is 26.6 Å². The zero-order chi connectivity index (χ0) is 12.5. The van der Waals surface area contributed by atoms with Crippen LogP contribution < -0.4 is 5.32 Å². The molecular weight excluding hydrogens is 214 g/mol. The topological polar surface area (TPSA) is 46.0 Å². The number of piperazine rings is 1. The molecule has 1 aromatic heterocycles. The van der Waals surface area contributed by atoms with Crippen LogP contribution in [0.15, 0.2) is 6.33 Å². The lowest BCUT2D eigenvalue weighted by Crippen LogP contribution is -2.55. The van der Waals surface area contributed by atoms with Crippen LogP contribution in [0.2, 0.25) is 0 Å². The van der Waals surface area contributed by atoms with E-state index in [1.165, 1.54) is 0 Å². The van der Waals surface area contributed by atoms with Gasteiger partial charge in [-0.25, -0.2) is 4.98 Å². The lowest BCUT2D eigenvalue weighted by Gasteiger charge is -2.40. The van der Waals surface area contributed by atoms with Gasteiger partial charge in [-0.15, -0.1) is 0 Å². The summed E-state index contributed by atoms with van der Waals surface area (Å²) in [5, 5.41) is 7.71. The first-order valence-corrected chi connectivity index (χ1v) is 6.25. The quantitative estimate of drug-likeness (QED) is 0.820. The van der Waals surface area contributed by atoms with Gasteiger partial charge in [0.05, 0.1) is 6.54 Å². The standard InChI is InChI=1S/C12H23N5/c1-12(2,3)10-7-17(6-5-13-10)8-11-14-9-15-16(11)4/h9-10,13H,5-8H2,1-4H3. The Labute approximate surface area is 103 Å². The molecule has 2 heterocycles. The highest BCUT2D eigenvalue weighted by molar-refractivity contribution is 4.90. The van der Waals surface area contributed by atoms with Crippen LogP contribution in [0.5, 0.6) is 0 Å². The average Bonchev–Trinajstić information content (AvgIpc) is 2.64. The Bertz CT molecular complexity index is 365. The molecule has 0 spiro atoms. The zero-order valence-corrected chi connectivity index (χ0v) is 11.3. The SMILES string of the molecule is Cn1ncnc1CN1CCNC(C(C)(C)C)C1. The lowest BCUT2D eigenvalue weighted by molar-refractivity contribution is 0.126. The Kier molecular flexibility index (Phi) is 3.49. The average molecular weight is 237 g/mol. The number of rotatable bonds is 2. The summed E-state index contributed by atoms with van der Waals surface area (Å²) in [6, 6.07) is 0.546. The summed E-state index contributed by atoms with van der Waals surface area (Å²) >= 11 is 0. The van der Waals surface area contributed by atoms with E-state index in [1.807, 2.05) is 11.7 Å². The van der Waals surface area contributed by atoms with E-state index in [9.17, 15) is 0 Å². The van der Waals surface area contributed by atoms with Crippen molar-refractivity contribution in [1.82, 2.24) is 25.0 Å². The molecular formula is C12H23N5. The highest BCUT2D eigenvalue weighted by atomic mass is 15.3. The Morgan fingerprint density at radius 1 is 1.47 bits per heavy atom. The zero-order valence-electron chi connectivity index (χ0n) is 11.3. The number of nitrogens with one attached hydrogen (secondary N) is 1. The van der Waals surface area contributed by atoms with Gasteiger partial charge in [0.1, 0.15) is 12.2 Å². The number of nitrogens with zero attached hydrogens (tertiary/aromatic N) is 4. The predicted molar refractivity (Wildman–Crippen MR) is 67.5 cm³/mol. The normalized spacial score (nSPS) is 22.9. The van der Waals surface area contributed by atoms with Gasteiger partial charge in [-0.2, -0.15) is 5.10 Å². The third-order valence-electron chi connectivity index (χ3n) is 3.48. The third-order valence-corrected chi connectivity index (χ3v) is 3.48. The third kappa shape index (κ3) is 3.04. The summed E-state index contributed by atoms with van der Waals surface area (Å²) in [6.07, 6.45) is 1.62. The van der Waals surface area contributed by atoms with Gasteiger partial charge < -0.3 is 5.32 Å². The van der Waals surface area contributed by atoms with Crippen LogP contribution in [0.4, 0.5) is 0 Å². The molecule has 5 nitrogen and oxygen atoms in total. The smallest absolute Gasteiger partial charge is 0.140 e. The minimum atomic E-state index is 0.304. The molecule has 0 saturated carbocycles. The van der Waals surface area contributed by atoms with Crippen LogP contribution >= 0.6 is 0 Å². The van der Waals surface area contributed by atoms with Gasteiger partial charge >= 0.3 is 0 Å². The van der Waals surface area contributed by atoms with Gasteiger partial charge in [0.15, 0.2) is 0 Å². The van der Waals surface area contributed by atoms with E-state index in [2.05, 4.69) is 41.1 Å². The molecule has 1 saturated heterocycles. The molecule has 1 unspecified atom stereocenters. The van der Waals surface area contributed by atoms with E-state index in [1.54, 1.807) is 6.33 Å². The van der Waals surface area contributed by atoms with Gasteiger partial charge in [0.25, 0.3) is 0 Å². The summed E-state index contributed by atoms with van der Waals surface area (Å²) in [4.78, 5) is 6.74. The number of hydrogen-bond donors (Lipinski definition) is 1. The van der Waals surface area contributed by atoms with E-state index >= 15 is 0 Å². The second-order valence-electron chi connectivity index (χ2n) is 5.91. The molecule has 1 aliphatic rings. The van der Waals surface area contributed by atoms with Crippen molar-refractivity contribution in [2.24, 2.45) is 12.5 Å². The summed E-state index contributed by atoms with van der Waals surface area (Å²) in [5.41, 5.74) is 0.304. The Balaban J connectivity index is 1.96. The number of hydrogen-bond acceptors (Lipinski definition) is 4. The molecule has 1 fully saturated rings. The second-order valence-corrected chi connectivity index (χ2v) is 5.91. The minimum Gasteiger partial charge on any atom is -0.311 e. The van der Waals surface area contributed by atoms with E-state index in [4.69, 9.17) is 0 Å². The van der Waals surface area contributed by atoms with Gasteiger partial charge in [-0.1, -0.05) is 20.8 Å². The van der Waals surface area contributed by atoms with Crippen molar-refractivity contribution in [3.8, 4) is 0 Å². The summed E-state index contributed by atoms with van der Waals surface area (Å²) in [6.45, 7) is 11.0. The molecule has 96 valence electrons. The Morgan fingerprint density at radius 2 is 2.24 bits per heavy atom. The molecule has 2 rings (SSSR count).